The number of hydrogen-bond acceptors (Lipinski definition) is 3. The van der Waals surface area contributed by atoms with E-state index in [1.54, 1.807) is 0 Å². The number of rotatable bonds is 10. The second-order valence-electron chi connectivity index (χ2n) is 10.4. The van der Waals surface area contributed by atoms with Gasteiger partial charge in [-0.2, -0.15) is 0 Å². The van der Waals surface area contributed by atoms with Gasteiger partial charge < -0.3 is 18.9 Å². The number of amides is 1. The smallest absolute Gasteiger partial charge is 0.227 e. The van der Waals surface area contributed by atoms with Crippen molar-refractivity contribution in [2.75, 3.05) is 13.1 Å². The molecule has 6 rings (SSSR count). The number of carbonyl (C=O) groups is 1. The van der Waals surface area contributed by atoms with E-state index in [4.69, 9.17) is 9.47 Å². The minimum absolute atomic E-state index is 0.198. The summed E-state index contributed by atoms with van der Waals surface area (Å²) in [7, 11) is 0. The molecule has 1 aliphatic heterocycles. The van der Waals surface area contributed by atoms with Crippen LogP contribution in [-0.4, -0.2) is 28.5 Å². The molecule has 4 aromatic carbocycles. The fourth-order valence-electron chi connectivity index (χ4n) is 5.36. The van der Waals surface area contributed by atoms with Crippen molar-refractivity contribution in [3.8, 4) is 11.5 Å². The summed E-state index contributed by atoms with van der Waals surface area (Å²) in [6.45, 7) is 3.44. The largest absolute Gasteiger partial charge is 0.489 e. The number of hydrogen-bond donors (Lipinski definition) is 0. The Morgan fingerprint density at radius 2 is 1.30 bits per heavy atom. The van der Waals surface area contributed by atoms with E-state index in [1.807, 2.05) is 59.5 Å². The van der Waals surface area contributed by atoms with Crippen molar-refractivity contribution in [3.05, 3.63) is 132 Å². The lowest BCUT2D eigenvalue weighted by molar-refractivity contribution is -0.129. The Morgan fingerprint density at radius 1 is 0.675 bits per heavy atom. The summed E-state index contributed by atoms with van der Waals surface area (Å²) in [4.78, 5) is 15.1. The van der Waals surface area contributed by atoms with Crippen LogP contribution >= 0.6 is 0 Å². The number of ether oxygens (including phenoxy) is 2. The van der Waals surface area contributed by atoms with E-state index in [0.717, 1.165) is 70.6 Å². The van der Waals surface area contributed by atoms with Gasteiger partial charge in [-0.05, 0) is 65.4 Å². The number of aromatic nitrogens is 1. The average molecular weight is 531 g/mol. The van der Waals surface area contributed by atoms with E-state index >= 15 is 0 Å². The van der Waals surface area contributed by atoms with Gasteiger partial charge in [0.05, 0.1) is 6.42 Å². The van der Waals surface area contributed by atoms with E-state index in [0.29, 0.717) is 26.2 Å². The van der Waals surface area contributed by atoms with Gasteiger partial charge >= 0.3 is 0 Å². The molecular weight excluding hydrogens is 496 g/mol. The molecule has 0 atom stereocenters. The highest BCUT2D eigenvalue weighted by Crippen LogP contribution is 2.29. The van der Waals surface area contributed by atoms with Gasteiger partial charge in [0, 0.05) is 36.7 Å². The van der Waals surface area contributed by atoms with Crippen LogP contribution in [-0.2, 0) is 31.0 Å². The van der Waals surface area contributed by atoms with E-state index < -0.39 is 0 Å². The van der Waals surface area contributed by atoms with Crippen LogP contribution in [0.5, 0.6) is 11.5 Å². The number of fused-ring (bicyclic) bond motifs is 1. The summed E-state index contributed by atoms with van der Waals surface area (Å²) in [5.74, 6) is 1.85. The van der Waals surface area contributed by atoms with Crippen LogP contribution in [0.3, 0.4) is 0 Å². The number of benzene rings is 4. The molecule has 1 amide bonds. The van der Waals surface area contributed by atoms with E-state index in [2.05, 4.69) is 59.3 Å². The van der Waals surface area contributed by atoms with E-state index in [1.165, 1.54) is 0 Å². The summed E-state index contributed by atoms with van der Waals surface area (Å²) in [5.41, 5.74) is 5.53. The lowest BCUT2D eigenvalue weighted by Gasteiger charge is -2.14. The van der Waals surface area contributed by atoms with Gasteiger partial charge in [-0.25, -0.2) is 0 Å². The molecule has 1 aliphatic rings. The lowest BCUT2D eigenvalue weighted by atomic mass is 10.1. The minimum atomic E-state index is 0.198. The van der Waals surface area contributed by atoms with Crippen LogP contribution in [0.2, 0.25) is 0 Å². The molecule has 2 heterocycles. The fraction of sp³-hybridized carbons (Fsp3) is 0.229. The first kappa shape index (κ1) is 25.8. The molecule has 40 heavy (non-hydrogen) atoms. The standard InChI is InChI=1S/C35H34N2O3/c38-35(36-18-7-8-19-36)21-30-24-37(23-29-14-9-15-31(20-29)39-25-27-10-3-1-4-11-27)34-17-16-32(22-33(30)34)40-26-28-12-5-2-6-13-28/h1-6,9-17,20,22,24H,7-8,18-19,21,23,25-26H2. The Morgan fingerprint density at radius 3 is 1.98 bits per heavy atom. The van der Waals surface area contributed by atoms with Crippen LogP contribution in [0, 0.1) is 0 Å². The van der Waals surface area contributed by atoms with E-state index in [9.17, 15) is 4.79 Å². The maximum atomic E-state index is 13.1. The molecular formula is C35H34N2O3. The Balaban J connectivity index is 1.24. The van der Waals surface area contributed by atoms with Crippen LogP contribution in [0.25, 0.3) is 10.9 Å². The topological polar surface area (TPSA) is 43.7 Å². The van der Waals surface area contributed by atoms with Crippen molar-refractivity contribution < 1.29 is 14.3 Å². The molecule has 1 saturated heterocycles. The van der Waals surface area contributed by atoms with Crippen molar-refractivity contribution in [1.29, 1.82) is 0 Å². The average Bonchev–Trinajstić information content (AvgIpc) is 3.65. The first-order valence-corrected chi connectivity index (χ1v) is 14.0. The summed E-state index contributed by atoms with van der Waals surface area (Å²) < 4.78 is 14.5. The molecule has 5 heteroatoms. The maximum absolute atomic E-state index is 13.1. The Labute approximate surface area is 235 Å². The summed E-state index contributed by atoms with van der Waals surface area (Å²) >= 11 is 0. The highest BCUT2D eigenvalue weighted by molar-refractivity contribution is 5.90. The second-order valence-corrected chi connectivity index (χ2v) is 10.4. The Hall–Kier alpha value is -4.51. The van der Waals surface area contributed by atoms with Crippen molar-refractivity contribution >= 4 is 16.8 Å². The van der Waals surface area contributed by atoms with Crippen LogP contribution < -0.4 is 9.47 Å². The van der Waals surface area contributed by atoms with Crippen molar-refractivity contribution in [3.63, 3.8) is 0 Å². The predicted molar refractivity (Wildman–Crippen MR) is 159 cm³/mol. The van der Waals surface area contributed by atoms with Gasteiger partial charge in [-0.15, -0.1) is 0 Å². The summed E-state index contributed by atoms with van der Waals surface area (Å²) in [6.07, 6.45) is 4.71. The SMILES string of the molecule is O=C(Cc1cn(Cc2cccc(OCc3ccccc3)c2)c2ccc(OCc3ccccc3)cc12)N1CCCC1. The van der Waals surface area contributed by atoms with Crippen molar-refractivity contribution in [2.45, 2.75) is 39.0 Å². The van der Waals surface area contributed by atoms with Crippen LogP contribution in [0.4, 0.5) is 0 Å². The Kier molecular flexibility index (Phi) is 7.80. The summed E-state index contributed by atoms with van der Waals surface area (Å²) in [5, 5.41) is 1.06. The molecule has 0 saturated carbocycles. The predicted octanol–water partition coefficient (Wildman–Crippen LogP) is 7.01. The maximum Gasteiger partial charge on any atom is 0.227 e. The molecule has 0 N–H and O–H groups in total. The van der Waals surface area contributed by atoms with Gasteiger partial charge in [-0.1, -0.05) is 72.8 Å². The highest BCUT2D eigenvalue weighted by Gasteiger charge is 2.20. The highest BCUT2D eigenvalue weighted by atomic mass is 16.5. The quantitative estimate of drug-likeness (QED) is 0.195. The zero-order valence-corrected chi connectivity index (χ0v) is 22.7. The number of likely N-dealkylation sites (tertiary alicyclic amines) is 1. The van der Waals surface area contributed by atoms with Gasteiger partial charge in [0.25, 0.3) is 0 Å². The zero-order chi connectivity index (χ0) is 27.1. The molecule has 5 aromatic rings. The molecule has 0 radical (unpaired) electrons. The molecule has 5 nitrogen and oxygen atoms in total. The van der Waals surface area contributed by atoms with Gasteiger partial charge in [0.1, 0.15) is 24.7 Å². The van der Waals surface area contributed by atoms with Crippen LogP contribution in [0.15, 0.2) is 109 Å². The third kappa shape index (κ3) is 6.20. The molecule has 0 unspecified atom stereocenters. The first-order valence-electron chi connectivity index (χ1n) is 14.0. The zero-order valence-electron chi connectivity index (χ0n) is 22.7. The minimum Gasteiger partial charge on any atom is -0.489 e. The Bertz CT molecular complexity index is 1570. The van der Waals surface area contributed by atoms with E-state index in [-0.39, 0.29) is 5.91 Å². The monoisotopic (exact) mass is 530 g/mol. The molecule has 1 aromatic heterocycles. The fourth-order valence-corrected chi connectivity index (χ4v) is 5.36. The molecule has 0 bridgehead atoms. The van der Waals surface area contributed by atoms with Crippen LogP contribution in [0.1, 0.15) is 35.1 Å². The summed E-state index contributed by atoms with van der Waals surface area (Å²) in [6, 6.07) is 34.8. The molecule has 1 fully saturated rings. The lowest BCUT2D eigenvalue weighted by Crippen LogP contribution is -2.28. The second kappa shape index (κ2) is 12.1. The third-order valence-electron chi connectivity index (χ3n) is 7.48. The van der Waals surface area contributed by atoms with Crippen molar-refractivity contribution in [1.82, 2.24) is 9.47 Å². The van der Waals surface area contributed by atoms with Gasteiger partial charge in [-0.3, -0.25) is 4.79 Å². The van der Waals surface area contributed by atoms with Gasteiger partial charge in [0.2, 0.25) is 5.91 Å². The normalized spacial score (nSPS) is 13.1. The first-order chi connectivity index (χ1) is 19.7. The third-order valence-corrected chi connectivity index (χ3v) is 7.48. The van der Waals surface area contributed by atoms with Gasteiger partial charge in [0.15, 0.2) is 0 Å². The number of carbonyl (C=O) groups excluding carboxylic acids is 1. The van der Waals surface area contributed by atoms with Crippen molar-refractivity contribution in [2.24, 2.45) is 0 Å². The number of nitrogens with zero attached hydrogens (tertiary/aromatic N) is 2. The molecule has 0 aliphatic carbocycles. The molecule has 202 valence electrons. The molecule has 0 spiro atoms.